The van der Waals surface area contributed by atoms with E-state index in [9.17, 15) is 9.90 Å². The van der Waals surface area contributed by atoms with Crippen LogP contribution in [0.2, 0.25) is 0 Å². The molecule has 3 heterocycles. The minimum absolute atomic E-state index is 0.0505. The van der Waals surface area contributed by atoms with Crippen LogP contribution in [0.15, 0.2) is 24.4 Å². The zero-order valence-corrected chi connectivity index (χ0v) is 17.4. The number of aromatic hydroxyl groups is 1. The number of hydrogen-bond acceptors (Lipinski definition) is 7. The molecule has 0 unspecified atom stereocenters. The van der Waals surface area contributed by atoms with Gasteiger partial charge in [0.05, 0.1) is 12.3 Å². The molecule has 1 aliphatic heterocycles. The van der Waals surface area contributed by atoms with E-state index in [1.54, 1.807) is 13.2 Å². The van der Waals surface area contributed by atoms with E-state index in [1.165, 1.54) is 0 Å². The molecule has 1 saturated carbocycles. The molecule has 0 saturated heterocycles. The van der Waals surface area contributed by atoms with Crippen LogP contribution in [-0.4, -0.2) is 39.8 Å². The van der Waals surface area contributed by atoms with Gasteiger partial charge < -0.3 is 20.9 Å². The van der Waals surface area contributed by atoms with Crippen molar-refractivity contribution >= 4 is 22.5 Å². The number of carbonyl (C=O) groups excluding carboxylic acids is 1. The highest BCUT2D eigenvalue weighted by Crippen LogP contribution is 2.44. The van der Waals surface area contributed by atoms with Crippen molar-refractivity contribution in [3.8, 4) is 22.8 Å². The number of hydrogen-bond donors (Lipinski definition) is 3. The maximum absolute atomic E-state index is 12.0. The number of ether oxygens (including phenoxy) is 1. The van der Waals surface area contributed by atoms with Crippen LogP contribution >= 0.6 is 0 Å². The van der Waals surface area contributed by atoms with Gasteiger partial charge in [-0.1, -0.05) is 0 Å². The van der Waals surface area contributed by atoms with Gasteiger partial charge in [-0.05, 0) is 43.9 Å². The van der Waals surface area contributed by atoms with Crippen LogP contribution in [-0.2, 0) is 11.2 Å². The van der Waals surface area contributed by atoms with E-state index in [2.05, 4.69) is 20.5 Å². The second kappa shape index (κ2) is 7.68. The minimum Gasteiger partial charge on any atom is -0.507 e. The second-order valence-electron chi connectivity index (χ2n) is 8.25. The molecule has 1 fully saturated rings. The first kappa shape index (κ1) is 19.5. The summed E-state index contributed by atoms with van der Waals surface area (Å²) in [6, 6.07) is 5.55. The van der Waals surface area contributed by atoms with Gasteiger partial charge in [-0.25, -0.2) is 0 Å². The van der Waals surface area contributed by atoms with Crippen LogP contribution in [0.1, 0.15) is 42.9 Å². The zero-order chi connectivity index (χ0) is 21.5. The monoisotopic (exact) mass is 419 g/mol. The van der Waals surface area contributed by atoms with Gasteiger partial charge in [-0.2, -0.15) is 0 Å². The molecule has 4 N–H and O–H groups in total. The van der Waals surface area contributed by atoms with Gasteiger partial charge in [-0.3, -0.25) is 9.78 Å². The largest absolute Gasteiger partial charge is 0.507 e. The summed E-state index contributed by atoms with van der Waals surface area (Å²) in [6.45, 7) is 0.563. The number of pyridine rings is 1. The number of nitrogens with one attached hydrogen (secondary N) is 1. The molecule has 8 nitrogen and oxygen atoms in total. The summed E-state index contributed by atoms with van der Waals surface area (Å²) in [5.41, 5.74) is 9.16. The van der Waals surface area contributed by atoms with Crippen LogP contribution in [0.25, 0.3) is 22.0 Å². The second-order valence-corrected chi connectivity index (χ2v) is 8.25. The number of aromatic nitrogens is 3. The maximum atomic E-state index is 12.0. The van der Waals surface area contributed by atoms with E-state index in [-0.39, 0.29) is 23.5 Å². The Labute approximate surface area is 179 Å². The predicted molar refractivity (Wildman–Crippen MR) is 117 cm³/mol. The molecule has 2 aromatic heterocycles. The first-order valence-corrected chi connectivity index (χ1v) is 10.7. The van der Waals surface area contributed by atoms with Gasteiger partial charge in [-0.15, -0.1) is 10.2 Å². The number of benzene rings is 1. The first-order chi connectivity index (χ1) is 15.1. The number of nitrogens with zero attached hydrogens (tertiary/aromatic N) is 3. The molecule has 0 atom stereocenters. The van der Waals surface area contributed by atoms with E-state index in [0.717, 1.165) is 47.7 Å². The van der Waals surface area contributed by atoms with Crippen molar-refractivity contribution in [2.45, 2.75) is 38.0 Å². The van der Waals surface area contributed by atoms with Crippen LogP contribution < -0.4 is 15.8 Å². The molecule has 0 radical (unpaired) electrons. The van der Waals surface area contributed by atoms with Crippen LogP contribution in [0.5, 0.6) is 11.5 Å². The highest BCUT2D eigenvalue weighted by Gasteiger charge is 2.29. The number of nitrogens with two attached hydrogens (primary N) is 1. The molecule has 0 spiro atoms. The zero-order valence-electron chi connectivity index (χ0n) is 17.4. The van der Waals surface area contributed by atoms with Crippen molar-refractivity contribution in [2.75, 3.05) is 19.4 Å². The summed E-state index contributed by atoms with van der Waals surface area (Å²) < 4.78 is 5.55. The molecular formula is C23H25N5O3. The van der Waals surface area contributed by atoms with Gasteiger partial charge in [0.1, 0.15) is 17.2 Å². The molecule has 1 amide bonds. The molecule has 8 heteroatoms. The lowest BCUT2D eigenvalue weighted by molar-refractivity contribution is -0.125. The number of phenols is 1. The highest BCUT2D eigenvalue weighted by molar-refractivity contribution is 6.02. The number of anilines is 1. The molecule has 1 aliphatic carbocycles. The first-order valence-electron chi connectivity index (χ1n) is 10.7. The van der Waals surface area contributed by atoms with Crippen LogP contribution in [0, 0.1) is 5.92 Å². The Morgan fingerprint density at radius 2 is 2.00 bits per heavy atom. The fourth-order valence-corrected chi connectivity index (χ4v) is 4.94. The number of amides is 1. The van der Waals surface area contributed by atoms with Crippen molar-refractivity contribution in [2.24, 2.45) is 5.92 Å². The normalized spacial score (nSPS) is 20.3. The van der Waals surface area contributed by atoms with Crippen LogP contribution in [0.4, 0.5) is 5.82 Å². The van der Waals surface area contributed by atoms with Gasteiger partial charge in [0.2, 0.25) is 5.91 Å². The third-order valence-electron chi connectivity index (χ3n) is 6.58. The number of carbonyl (C=O) groups is 1. The fourth-order valence-electron chi connectivity index (χ4n) is 4.94. The Morgan fingerprint density at radius 3 is 2.77 bits per heavy atom. The molecule has 160 valence electrons. The van der Waals surface area contributed by atoms with Crippen molar-refractivity contribution in [1.29, 1.82) is 0 Å². The molecule has 31 heavy (non-hydrogen) atoms. The predicted octanol–water partition coefficient (Wildman–Crippen LogP) is 2.93. The van der Waals surface area contributed by atoms with Crippen molar-refractivity contribution in [1.82, 2.24) is 20.5 Å². The van der Waals surface area contributed by atoms with Gasteiger partial charge >= 0.3 is 0 Å². The average molecular weight is 419 g/mol. The fraction of sp³-hybridized carbons (Fsp3) is 0.391. The summed E-state index contributed by atoms with van der Waals surface area (Å²) in [7, 11) is 1.68. The molecule has 5 rings (SSSR count). The van der Waals surface area contributed by atoms with E-state index < -0.39 is 0 Å². The third-order valence-corrected chi connectivity index (χ3v) is 6.58. The van der Waals surface area contributed by atoms with Crippen molar-refractivity contribution < 1.29 is 14.6 Å². The Morgan fingerprint density at radius 1 is 1.19 bits per heavy atom. The van der Waals surface area contributed by atoms with E-state index in [4.69, 9.17) is 10.5 Å². The van der Waals surface area contributed by atoms with Gasteiger partial charge in [0.15, 0.2) is 5.82 Å². The standard InChI is InChI=1S/C23H25N5O3/c1-25-23(30)13-4-2-12(3-5-13)19-18-15(8-10-26-19)20(27-28-22(18)24)16-6-7-17-14(21(16)29)9-11-31-17/h6-8,10,12-13,29H,2-5,9,11H2,1H3,(H2,24,28)(H,25,30). The van der Waals surface area contributed by atoms with Gasteiger partial charge in [0.25, 0.3) is 0 Å². The smallest absolute Gasteiger partial charge is 0.222 e. The van der Waals surface area contributed by atoms with E-state index >= 15 is 0 Å². The van der Waals surface area contributed by atoms with Crippen molar-refractivity contribution in [3.63, 3.8) is 0 Å². The topological polar surface area (TPSA) is 123 Å². The molecular weight excluding hydrogens is 394 g/mol. The van der Waals surface area contributed by atoms with E-state index in [0.29, 0.717) is 35.9 Å². The lowest BCUT2D eigenvalue weighted by atomic mass is 9.79. The number of fused-ring (bicyclic) bond motifs is 2. The summed E-state index contributed by atoms with van der Waals surface area (Å²) >= 11 is 0. The molecule has 1 aromatic carbocycles. The summed E-state index contributed by atoms with van der Waals surface area (Å²) in [6.07, 6.45) is 5.79. The number of rotatable bonds is 3. The average Bonchev–Trinajstić information content (AvgIpc) is 3.29. The van der Waals surface area contributed by atoms with Crippen LogP contribution in [0.3, 0.4) is 0 Å². The molecule has 2 aliphatic rings. The molecule has 0 bridgehead atoms. The van der Waals surface area contributed by atoms with Gasteiger partial charge in [0, 0.05) is 53.4 Å². The highest BCUT2D eigenvalue weighted by atomic mass is 16.5. The number of phenolic OH excluding ortho intramolecular Hbond substituents is 1. The summed E-state index contributed by atoms with van der Waals surface area (Å²) in [5.74, 6) is 1.58. The number of nitrogen functional groups attached to an aromatic ring is 1. The Kier molecular flexibility index (Phi) is 4.84. The Bertz CT molecular complexity index is 1170. The SMILES string of the molecule is CNC(=O)C1CCC(c2nccc3c(-c4ccc5c(c4O)CCO5)nnc(N)c23)CC1. The third kappa shape index (κ3) is 3.22. The Balaban J connectivity index is 1.57. The quantitative estimate of drug-likeness (QED) is 0.596. The summed E-state index contributed by atoms with van der Waals surface area (Å²) in [4.78, 5) is 16.7. The minimum atomic E-state index is 0.0505. The Hall–Kier alpha value is -3.42. The summed E-state index contributed by atoms with van der Waals surface area (Å²) in [5, 5.41) is 23.8. The maximum Gasteiger partial charge on any atom is 0.222 e. The lowest BCUT2D eigenvalue weighted by Gasteiger charge is -2.28. The molecule has 3 aromatic rings. The van der Waals surface area contributed by atoms with E-state index in [1.807, 2.05) is 18.2 Å². The van der Waals surface area contributed by atoms with Crippen molar-refractivity contribution in [3.05, 3.63) is 35.7 Å². The lowest BCUT2D eigenvalue weighted by Crippen LogP contribution is -2.30.